The highest BCUT2D eigenvalue weighted by Crippen LogP contribution is 2.36. The van der Waals surface area contributed by atoms with Crippen LogP contribution in [-0.2, 0) is 28.7 Å². The van der Waals surface area contributed by atoms with Crippen molar-refractivity contribution >= 4 is 29.9 Å². The summed E-state index contributed by atoms with van der Waals surface area (Å²) in [6.07, 6.45) is -3.54. The van der Waals surface area contributed by atoms with Gasteiger partial charge in [-0.05, 0) is 47.2 Å². The number of rotatable bonds is 12. The van der Waals surface area contributed by atoms with Crippen molar-refractivity contribution in [2.75, 3.05) is 46.0 Å². The van der Waals surface area contributed by atoms with Crippen molar-refractivity contribution in [3.63, 3.8) is 0 Å². The van der Waals surface area contributed by atoms with Crippen LogP contribution in [0.5, 0.6) is 5.75 Å². The van der Waals surface area contributed by atoms with Gasteiger partial charge in [0.15, 0.2) is 0 Å². The van der Waals surface area contributed by atoms with Gasteiger partial charge in [0.25, 0.3) is 0 Å². The quantitative estimate of drug-likeness (QED) is 0.199. The number of morpholine rings is 1. The maximum atomic E-state index is 13.5. The van der Waals surface area contributed by atoms with Gasteiger partial charge in [-0.15, -0.1) is 12.4 Å². The Morgan fingerprint density at radius 3 is 2.48 bits per heavy atom. The van der Waals surface area contributed by atoms with E-state index in [1.807, 2.05) is 47.4 Å². The smallest absolute Gasteiger partial charge is 0.417 e. The Morgan fingerprint density at radius 1 is 1.05 bits per heavy atom. The van der Waals surface area contributed by atoms with Crippen LogP contribution in [0.25, 0.3) is 0 Å². The molecule has 1 aliphatic heterocycles. The Hall–Kier alpha value is -2.78. The van der Waals surface area contributed by atoms with Gasteiger partial charge in [0, 0.05) is 32.7 Å². The number of amides is 1. The molecule has 1 atom stereocenters. The zero-order valence-electron chi connectivity index (χ0n) is 23.6. The number of ether oxygens (including phenoxy) is 2. The second kappa shape index (κ2) is 16.2. The first-order valence-electron chi connectivity index (χ1n) is 13.9. The van der Waals surface area contributed by atoms with Crippen LogP contribution in [-0.4, -0.2) is 61.7 Å². The number of halogens is 5. The third-order valence-electron chi connectivity index (χ3n) is 7.18. The average molecular weight is 626 g/mol. The third kappa shape index (κ3) is 9.90. The monoisotopic (exact) mass is 624 g/mol. The summed E-state index contributed by atoms with van der Waals surface area (Å²) < 4.78 is 51.7. The van der Waals surface area contributed by atoms with Crippen molar-refractivity contribution in [2.24, 2.45) is 0 Å². The molecule has 1 unspecified atom stereocenters. The molecule has 1 heterocycles. The number of hydrogen-bond donors (Lipinski definition) is 0. The second-order valence-corrected chi connectivity index (χ2v) is 10.7. The Labute approximate surface area is 257 Å². The van der Waals surface area contributed by atoms with E-state index in [2.05, 4.69) is 24.0 Å². The number of hydrogen-bond acceptors (Lipinski definition) is 4. The zero-order chi connectivity index (χ0) is 29.2. The molecule has 1 saturated heterocycles. The molecule has 228 valence electrons. The summed E-state index contributed by atoms with van der Waals surface area (Å²) in [6.45, 7) is 6.43. The van der Waals surface area contributed by atoms with Crippen molar-refractivity contribution in [3.8, 4) is 5.75 Å². The Balaban J connectivity index is 0.00000484. The molecule has 3 aromatic carbocycles. The molecule has 0 aliphatic carbocycles. The van der Waals surface area contributed by atoms with Gasteiger partial charge < -0.3 is 14.4 Å². The minimum absolute atomic E-state index is 0. The maximum absolute atomic E-state index is 13.5. The van der Waals surface area contributed by atoms with E-state index < -0.39 is 11.7 Å². The van der Waals surface area contributed by atoms with Crippen LogP contribution in [0.3, 0.4) is 0 Å². The highest BCUT2D eigenvalue weighted by Gasteiger charge is 2.34. The summed E-state index contributed by atoms with van der Waals surface area (Å²) in [4.78, 5) is 16.5. The first-order valence-corrected chi connectivity index (χ1v) is 14.3. The fourth-order valence-electron chi connectivity index (χ4n) is 4.99. The van der Waals surface area contributed by atoms with Crippen molar-refractivity contribution in [3.05, 3.63) is 100 Å². The molecule has 42 heavy (non-hydrogen) atoms. The van der Waals surface area contributed by atoms with Crippen LogP contribution in [0.1, 0.15) is 41.5 Å². The van der Waals surface area contributed by atoms with Crippen LogP contribution in [0.4, 0.5) is 13.2 Å². The number of carbonyl (C=O) groups is 1. The van der Waals surface area contributed by atoms with Gasteiger partial charge in [-0.3, -0.25) is 9.69 Å². The maximum Gasteiger partial charge on any atom is 0.417 e. The molecular formula is C32H37Cl2F3N2O3. The van der Waals surface area contributed by atoms with E-state index in [9.17, 15) is 18.0 Å². The largest absolute Gasteiger partial charge is 0.494 e. The van der Waals surface area contributed by atoms with Crippen LogP contribution in [0, 0.1) is 0 Å². The predicted octanol–water partition coefficient (Wildman–Crippen LogP) is 7.26. The lowest BCUT2D eigenvalue weighted by molar-refractivity contribution is -0.137. The number of benzene rings is 3. The lowest BCUT2D eigenvalue weighted by Crippen LogP contribution is -2.41. The lowest BCUT2D eigenvalue weighted by atomic mass is 10.00. The minimum atomic E-state index is -4.51. The summed E-state index contributed by atoms with van der Waals surface area (Å²) in [5.41, 5.74) is 1.67. The molecule has 0 aromatic heterocycles. The fourth-order valence-corrected chi connectivity index (χ4v) is 5.29. The molecule has 5 nitrogen and oxygen atoms in total. The standard InChI is InChI=1S/C32H36ClF3N2O3.ClH/c1-24(26-9-3-2-4-10-26)22-37(23-27-11-6-13-29(31(27)33)32(34,35)36)14-7-17-41-28-12-5-8-25(20-28)21-30(39)38-15-18-40-19-16-38;/h2-6,8-13,20,24H,7,14-19,21-23H2,1H3;1H. The van der Waals surface area contributed by atoms with Gasteiger partial charge in [-0.25, -0.2) is 0 Å². The van der Waals surface area contributed by atoms with Gasteiger partial charge in [-0.2, -0.15) is 13.2 Å². The second-order valence-electron chi connectivity index (χ2n) is 10.3. The number of nitrogens with zero attached hydrogens (tertiary/aromatic N) is 2. The van der Waals surface area contributed by atoms with E-state index in [4.69, 9.17) is 21.1 Å². The molecule has 4 rings (SSSR count). The molecule has 0 N–H and O–H groups in total. The molecule has 0 bridgehead atoms. The first kappa shape index (κ1) is 33.7. The van der Waals surface area contributed by atoms with Gasteiger partial charge in [0.1, 0.15) is 5.75 Å². The number of carbonyl (C=O) groups excluding carboxylic acids is 1. The van der Waals surface area contributed by atoms with Crippen LogP contribution < -0.4 is 4.74 Å². The van der Waals surface area contributed by atoms with Gasteiger partial charge in [-0.1, -0.05) is 73.1 Å². The molecule has 0 spiro atoms. The first-order chi connectivity index (χ1) is 19.7. The van der Waals surface area contributed by atoms with E-state index in [1.165, 1.54) is 6.07 Å². The normalized spacial score (nSPS) is 14.4. The molecule has 1 aliphatic rings. The van der Waals surface area contributed by atoms with E-state index in [1.54, 1.807) is 6.07 Å². The summed E-state index contributed by atoms with van der Waals surface area (Å²) in [5, 5.41) is -0.253. The highest BCUT2D eigenvalue weighted by molar-refractivity contribution is 6.32. The molecule has 0 saturated carbocycles. The predicted molar refractivity (Wildman–Crippen MR) is 161 cm³/mol. The Kier molecular flexibility index (Phi) is 13.0. The summed E-state index contributed by atoms with van der Waals surface area (Å²) in [7, 11) is 0. The van der Waals surface area contributed by atoms with Crippen LogP contribution in [0.15, 0.2) is 72.8 Å². The van der Waals surface area contributed by atoms with Crippen LogP contribution in [0.2, 0.25) is 5.02 Å². The molecule has 3 aromatic rings. The SMILES string of the molecule is CC(CN(CCCOc1cccc(CC(=O)N2CCOCC2)c1)Cc1cccc(C(F)(F)F)c1Cl)c1ccccc1.Cl. The van der Waals surface area contributed by atoms with E-state index >= 15 is 0 Å². The molecule has 0 radical (unpaired) electrons. The zero-order valence-corrected chi connectivity index (χ0v) is 25.2. The Morgan fingerprint density at radius 2 is 1.76 bits per heavy atom. The summed E-state index contributed by atoms with van der Waals surface area (Å²) in [5.74, 6) is 0.923. The summed E-state index contributed by atoms with van der Waals surface area (Å²) in [6, 6.07) is 21.6. The third-order valence-corrected chi connectivity index (χ3v) is 7.63. The average Bonchev–Trinajstić information content (AvgIpc) is 2.96. The molecular weight excluding hydrogens is 588 g/mol. The Bertz CT molecular complexity index is 1270. The van der Waals surface area contributed by atoms with Gasteiger partial charge >= 0.3 is 6.18 Å². The van der Waals surface area contributed by atoms with E-state index in [0.29, 0.717) is 76.7 Å². The van der Waals surface area contributed by atoms with Crippen molar-refractivity contribution in [1.29, 1.82) is 0 Å². The van der Waals surface area contributed by atoms with Crippen molar-refractivity contribution < 1.29 is 27.4 Å². The highest BCUT2D eigenvalue weighted by atomic mass is 35.5. The molecule has 1 fully saturated rings. The molecule has 1 amide bonds. The van der Waals surface area contributed by atoms with Gasteiger partial charge in [0.2, 0.25) is 5.91 Å². The van der Waals surface area contributed by atoms with E-state index in [-0.39, 0.29) is 29.3 Å². The number of alkyl halides is 3. The van der Waals surface area contributed by atoms with E-state index in [0.717, 1.165) is 17.2 Å². The lowest BCUT2D eigenvalue weighted by Gasteiger charge is -2.27. The van der Waals surface area contributed by atoms with Crippen molar-refractivity contribution in [1.82, 2.24) is 9.80 Å². The summed E-state index contributed by atoms with van der Waals surface area (Å²) >= 11 is 6.23. The minimum Gasteiger partial charge on any atom is -0.494 e. The fraction of sp³-hybridized carbons (Fsp3) is 0.406. The van der Waals surface area contributed by atoms with Gasteiger partial charge in [0.05, 0.1) is 36.8 Å². The topological polar surface area (TPSA) is 42.0 Å². The van der Waals surface area contributed by atoms with Crippen LogP contribution >= 0.6 is 24.0 Å². The molecule has 10 heteroatoms. The van der Waals surface area contributed by atoms with Crippen molar-refractivity contribution in [2.45, 2.75) is 38.4 Å².